The molecule has 3 heterocycles. The molecule has 1 aliphatic rings. The molecule has 0 saturated heterocycles. The number of halogens is 1. The van der Waals surface area contributed by atoms with E-state index in [0.29, 0.717) is 15.8 Å². The topological polar surface area (TPSA) is 59.8 Å². The number of amides is 1. The van der Waals surface area contributed by atoms with Crippen molar-refractivity contribution in [3.8, 4) is 11.1 Å². The van der Waals surface area contributed by atoms with E-state index in [4.69, 9.17) is 11.6 Å². The number of hydrogen-bond donors (Lipinski definition) is 1. The van der Waals surface area contributed by atoms with E-state index in [0.717, 1.165) is 32.6 Å². The molecule has 0 aliphatic heterocycles. The Morgan fingerprint density at radius 2 is 2.15 bits per heavy atom. The number of thiophene rings is 1. The second-order valence-electron chi connectivity index (χ2n) is 7.12. The molecule has 26 heavy (non-hydrogen) atoms. The highest BCUT2D eigenvalue weighted by atomic mass is 35.5. The zero-order chi connectivity index (χ0) is 18.6. The van der Waals surface area contributed by atoms with Crippen molar-refractivity contribution in [2.75, 3.05) is 0 Å². The smallest absolute Gasteiger partial charge is 0.262 e. The van der Waals surface area contributed by atoms with Crippen molar-refractivity contribution >= 4 is 39.1 Å². The van der Waals surface area contributed by atoms with Crippen LogP contribution in [0.2, 0.25) is 5.02 Å². The molecule has 0 aromatic carbocycles. The Morgan fingerprint density at radius 1 is 1.42 bits per heavy atom. The molecule has 3 aromatic heterocycles. The first-order valence-corrected chi connectivity index (χ1v) is 9.95. The highest BCUT2D eigenvalue weighted by molar-refractivity contribution is 7.21. The minimum absolute atomic E-state index is 0.0422. The van der Waals surface area contributed by atoms with E-state index in [2.05, 4.69) is 22.3 Å². The Labute approximate surface area is 161 Å². The van der Waals surface area contributed by atoms with Gasteiger partial charge in [0.05, 0.1) is 16.9 Å². The maximum atomic E-state index is 13.1. The van der Waals surface area contributed by atoms with Gasteiger partial charge in [-0.1, -0.05) is 11.6 Å². The number of hydrogen-bond acceptors (Lipinski definition) is 4. The second kappa shape index (κ2) is 6.35. The lowest BCUT2D eigenvalue weighted by atomic mass is 10.0. The zero-order valence-corrected chi connectivity index (χ0v) is 16.8. The van der Waals surface area contributed by atoms with Gasteiger partial charge in [-0.3, -0.25) is 9.48 Å². The number of aryl methyl sites for hydroxylation is 3. The lowest BCUT2D eigenvalue weighted by Gasteiger charge is -2.12. The van der Waals surface area contributed by atoms with Crippen LogP contribution in [0.4, 0.5) is 0 Å². The van der Waals surface area contributed by atoms with E-state index < -0.39 is 0 Å². The Bertz CT molecular complexity index is 1020. The van der Waals surface area contributed by atoms with Gasteiger partial charge in [-0.2, -0.15) is 5.10 Å². The van der Waals surface area contributed by atoms with Gasteiger partial charge >= 0.3 is 0 Å². The van der Waals surface area contributed by atoms with Crippen LogP contribution in [0.25, 0.3) is 21.3 Å². The summed E-state index contributed by atoms with van der Waals surface area (Å²) in [6, 6.07) is 0.189. The average molecular weight is 389 g/mol. The first-order chi connectivity index (χ1) is 12.4. The van der Waals surface area contributed by atoms with E-state index in [-0.39, 0.29) is 11.9 Å². The SMILES string of the molecule is Cc1nc2sc(C(=O)N[C@@H](C)C3CC3)c(-c3cnn(C)c3)c2c(C)c1Cl. The van der Waals surface area contributed by atoms with Crippen molar-refractivity contribution in [3.63, 3.8) is 0 Å². The molecule has 1 amide bonds. The number of nitrogens with zero attached hydrogens (tertiary/aromatic N) is 3. The molecule has 5 nitrogen and oxygen atoms in total. The van der Waals surface area contributed by atoms with Crippen LogP contribution < -0.4 is 5.32 Å². The molecular weight excluding hydrogens is 368 g/mol. The standard InChI is InChI=1S/C19H21ClN4OS/c1-9-14-15(13-7-21-24(4)8-13)17(18(25)22-10(2)12-5-6-12)26-19(14)23-11(3)16(9)20/h7-8,10,12H,5-6H2,1-4H3,(H,22,25)/t10-/m0/s1. The van der Waals surface area contributed by atoms with Crippen LogP contribution in [-0.2, 0) is 7.05 Å². The van der Waals surface area contributed by atoms with Crippen LogP contribution >= 0.6 is 22.9 Å². The fourth-order valence-electron chi connectivity index (χ4n) is 3.40. The van der Waals surface area contributed by atoms with Crippen molar-refractivity contribution in [1.29, 1.82) is 0 Å². The molecule has 0 bridgehead atoms. The van der Waals surface area contributed by atoms with E-state index in [1.807, 2.05) is 27.1 Å². The lowest BCUT2D eigenvalue weighted by Crippen LogP contribution is -2.33. The van der Waals surface area contributed by atoms with E-state index >= 15 is 0 Å². The van der Waals surface area contributed by atoms with Crippen molar-refractivity contribution in [1.82, 2.24) is 20.1 Å². The van der Waals surface area contributed by atoms with Gasteiger partial charge in [-0.15, -0.1) is 11.3 Å². The van der Waals surface area contributed by atoms with Gasteiger partial charge < -0.3 is 5.32 Å². The van der Waals surface area contributed by atoms with Crippen LogP contribution in [0.1, 0.15) is 40.7 Å². The minimum Gasteiger partial charge on any atom is -0.349 e. The summed E-state index contributed by atoms with van der Waals surface area (Å²) < 4.78 is 1.74. The molecule has 4 rings (SSSR count). The first-order valence-electron chi connectivity index (χ1n) is 8.76. The maximum Gasteiger partial charge on any atom is 0.262 e. The predicted octanol–water partition coefficient (Wildman–Crippen LogP) is 4.50. The Balaban J connectivity index is 1.90. The van der Waals surface area contributed by atoms with E-state index in [9.17, 15) is 4.79 Å². The molecule has 136 valence electrons. The number of pyridine rings is 1. The van der Waals surface area contributed by atoms with Gasteiger partial charge in [0, 0.05) is 35.8 Å². The quantitative estimate of drug-likeness (QED) is 0.716. The monoisotopic (exact) mass is 388 g/mol. The fourth-order valence-corrected chi connectivity index (χ4v) is 4.74. The van der Waals surface area contributed by atoms with Gasteiger partial charge in [-0.25, -0.2) is 4.98 Å². The van der Waals surface area contributed by atoms with Crippen molar-refractivity contribution in [2.45, 2.75) is 39.7 Å². The molecular formula is C19H21ClN4OS. The Hall–Kier alpha value is -1.92. The van der Waals surface area contributed by atoms with Crippen LogP contribution in [-0.4, -0.2) is 26.7 Å². The third-order valence-corrected chi connectivity index (χ3v) is 6.71. The fraction of sp³-hybridized carbons (Fsp3) is 0.421. The summed E-state index contributed by atoms with van der Waals surface area (Å²) in [6.45, 7) is 5.96. The third kappa shape index (κ3) is 2.91. The highest BCUT2D eigenvalue weighted by Gasteiger charge is 2.31. The molecule has 1 aliphatic carbocycles. The minimum atomic E-state index is -0.0422. The highest BCUT2D eigenvalue weighted by Crippen LogP contribution is 2.42. The normalized spacial score (nSPS) is 15.4. The second-order valence-corrected chi connectivity index (χ2v) is 8.50. The van der Waals surface area contributed by atoms with Gasteiger partial charge in [0.25, 0.3) is 5.91 Å². The summed E-state index contributed by atoms with van der Waals surface area (Å²) >= 11 is 7.89. The Morgan fingerprint density at radius 3 is 2.77 bits per heavy atom. The number of carbonyl (C=O) groups excluding carboxylic acids is 1. The van der Waals surface area contributed by atoms with Crippen LogP contribution in [0.5, 0.6) is 0 Å². The van der Waals surface area contributed by atoms with Gasteiger partial charge in [0.2, 0.25) is 0 Å². The number of nitrogens with one attached hydrogen (secondary N) is 1. The molecule has 1 N–H and O–H groups in total. The number of fused-ring (bicyclic) bond motifs is 1. The predicted molar refractivity (Wildman–Crippen MR) is 106 cm³/mol. The Kier molecular flexibility index (Phi) is 4.28. The van der Waals surface area contributed by atoms with Crippen molar-refractivity contribution in [2.24, 2.45) is 13.0 Å². The average Bonchev–Trinajstić information content (AvgIpc) is 3.26. The largest absolute Gasteiger partial charge is 0.349 e. The molecule has 1 atom stereocenters. The van der Waals surface area contributed by atoms with E-state index in [1.165, 1.54) is 24.2 Å². The van der Waals surface area contributed by atoms with E-state index in [1.54, 1.807) is 10.9 Å². The van der Waals surface area contributed by atoms with Gasteiger partial charge in [-0.05, 0) is 45.1 Å². The molecule has 1 fully saturated rings. The van der Waals surface area contributed by atoms with Gasteiger partial charge in [0.1, 0.15) is 9.71 Å². The number of carbonyl (C=O) groups is 1. The van der Waals surface area contributed by atoms with Crippen LogP contribution in [0.15, 0.2) is 12.4 Å². The zero-order valence-electron chi connectivity index (χ0n) is 15.3. The summed E-state index contributed by atoms with van der Waals surface area (Å²) in [7, 11) is 1.87. The molecule has 0 radical (unpaired) electrons. The molecule has 0 spiro atoms. The summed E-state index contributed by atoms with van der Waals surface area (Å²) in [4.78, 5) is 19.2. The summed E-state index contributed by atoms with van der Waals surface area (Å²) in [5.74, 6) is 0.561. The molecule has 7 heteroatoms. The first kappa shape index (κ1) is 17.5. The van der Waals surface area contributed by atoms with Crippen molar-refractivity contribution in [3.05, 3.63) is 33.6 Å². The number of aromatic nitrogens is 3. The summed E-state index contributed by atoms with van der Waals surface area (Å²) in [5, 5.41) is 9.05. The van der Waals surface area contributed by atoms with Crippen LogP contribution in [0, 0.1) is 19.8 Å². The molecule has 0 unspecified atom stereocenters. The van der Waals surface area contributed by atoms with Crippen molar-refractivity contribution < 1.29 is 4.79 Å². The summed E-state index contributed by atoms with van der Waals surface area (Å²) in [5.41, 5.74) is 3.53. The number of rotatable bonds is 4. The third-order valence-electron chi connectivity index (χ3n) is 5.07. The lowest BCUT2D eigenvalue weighted by molar-refractivity contribution is 0.0940. The van der Waals surface area contributed by atoms with Crippen LogP contribution in [0.3, 0.4) is 0 Å². The van der Waals surface area contributed by atoms with Gasteiger partial charge in [0.15, 0.2) is 0 Å². The molecule has 3 aromatic rings. The maximum absolute atomic E-state index is 13.1. The summed E-state index contributed by atoms with van der Waals surface area (Å²) in [6.07, 6.45) is 6.10. The molecule has 1 saturated carbocycles.